The lowest BCUT2D eigenvalue weighted by Crippen LogP contribution is -2.44. The molecule has 2 atom stereocenters. The number of halogens is 2. The minimum atomic E-state index is -1.32. The van der Waals surface area contributed by atoms with Crippen LogP contribution in [0.15, 0.2) is 36.9 Å². The predicted octanol–water partition coefficient (Wildman–Crippen LogP) is 5.47. The number of nitrogens with zero attached hydrogens (tertiary/aromatic N) is 1. The molecule has 0 aliphatic carbocycles. The van der Waals surface area contributed by atoms with Crippen LogP contribution in [0.3, 0.4) is 0 Å². The molecule has 0 radical (unpaired) electrons. The molecular formula is C23H32Cl2N2O3S. The minimum Gasteiger partial charge on any atom is -0.489 e. The van der Waals surface area contributed by atoms with E-state index in [0.29, 0.717) is 41.1 Å². The van der Waals surface area contributed by atoms with E-state index in [9.17, 15) is 9.00 Å². The SMILES string of the molecule is C=CCOc1cc(Cl)c(Cl)cc1[C@H](NS(=O)C(C)(C)C)C1CCN(C(=O)C(=C)C)CC1. The minimum absolute atomic E-state index is 0.0224. The van der Waals surface area contributed by atoms with E-state index in [0.717, 1.165) is 18.4 Å². The Kier molecular flexibility index (Phi) is 9.19. The summed E-state index contributed by atoms with van der Waals surface area (Å²) in [5.41, 5.74) is 1.34. The summed E-state index contributed by atoms with van der Waals surface area (Å²) in [7, 11) is -1.32. The summed E-state index contributed by atoms with van der Waals surface area (Å²) in [5.74, 6) is 0.688. The fourth-order valence-electron chi connectivity index (χ4n) is 3.47. The lowest BCUT2D eigenvalue weighted by atomic mass is 9.85. The molecule has 1 aliphatic heterocycles. The Morgan fingerprint density at radius 3 is 2.42 bits per heavy atom. The second kappa shape index (κ2) is 11.0. The maximum absolute atomic E-state index is 13.0. The van der Waals surface area contributed by atoms with Crippen LogP contribution in [0.1, 0.15) is 52.1 Å². The molecule has 1 aliphatic rings. The quantitative estimate of drug-likeness (QED) is 0.391. The van der Waals surface area contributed by atoms with Crippen LogP contribution in [0.4, 0.5) is 0 Å². The van der Waals surface area contributed by atoms with Crippen molar-refractivity contribution in [1.82, 2.24) is 9.62 Å². The van der Waals surface area contributed by atoms with Crippen LogP contribution in [0.5, 0.6) is 5.75 Å². The highest BCUT2D eigenvalue weighted by molar-refractivity contribution is 7.84. The standard InChI is InChI=1S/C23H32Cl2N2O3S/c1-7-12-30-20-14-19(25)18(24)13-17(20)21(26-31(29)23(4,5)6)16-8-10-27(11-9-16)22(28)15(2)3/h7,13-14,16,21,26H,1-2,8-12H2,3-6H3/t21-,31?/m1/s1. The summed E-state index contributed by atoms with van der Waals surface area (Å²) in [6, 6.07) is 3.19. The molecule has 0 aromatic heterocycles. The zero-order chi connectivity index (χ0) is 23.3. The molecule has 8 heteroatoms. The topological polar surface area (TPSA) is 58.6 Å². The van der Waals surface area contributed by atoms with Crippen molar-refractivity contribution in [2.75, 3.05) is 19.7 Å². The summed E-state index contributed by atoms with van der Waals surface area (Å²) in [6.45, 7) is 16.5. The summed E-state index contributed by atoms with van der Waals surface area (Å²) in [5, 5.41) is 0.799. The molecule has 1 saturated heterocycles. The number of benzene rings is 1. The third-order valence-corrected chi connectivity index (χ3v) is 7.50. The zero-order valence-corrected chi connectivity index (χ0v) is 21.0. The van der Waals surface area contributed by atoms with Gasteiger partial charge < -0.3 is 9.64 Å². The van der Waals surface area contributed by atoms with Crippen LogP contribution in [0.25, 0.3) is 0 Å². The second-order valence-electron chi connectivity index (χ2n) is 8.79. The van der Waals surface area contributed by atoms with E-state index in [2.05, 4.69) is 17.9 Å². The van der Waals surface area contributed by atoms with Crippen molar-refractivity contribution in [3.05, 3.63) is 52.5 Å². The van der Waals surface area contributed by atoms with E-state index in [1.165, 1.54) is 0 Å². The van der Waals surface area contributed by atoms with Crippen molar-refractivity contribution < 1.29 is 13.7 Å². The van der Waals surface area contributed by atoms with Crippen molar-refractivity contribution >= 4 is 40.1 Å². The molecule has 0 bridgehead atoms. The van der Waals surface area contributed by atoms with Crippen LogP contribution in [-0.4, -0.2) is 39.5 Å². The molecule has 1 N–H and O–H groups in total. The highest BCUT2D eigenvalue weighted by Crippen LogP contribution is 2.40. The number of rotatable bonds is 8. The summed E-state index contributed by atoms with van der Waals surface area (Å²) in [4.78, 5) is 14.1. The van der Waals surface area contributed by atoms with Crippen molar-refractivity contribution in [1.29, 1.82) is 0 Å². The molecule has 1 amide bonds. The Balaban J connectivity index is 2.39. The smallest absolute Gasteiger partial charge is 0.248 e. The van der Waals surface area contributed by atoms with E-state index in [4.69, 9.17) is 27.9 Å². The van der Waals surface area contributed by atoms with Gasteiger partial charge in [0.25, 0.3) is 0 Å². The first-order chi connectivity index (χ1) is 14.5. The predicted molar refractivity (Wildman–Crippen MR) is 130 cm³/mol. The van der Waals surface area contributed by atoms with Crippen molar-refractivity contribution in [3.8, 4) is 5.75 Å². The summed E-state index contributed by atoms with van der Waals surface area (Å²) in [6.07, 6.45) is 3.15. The second-order valence-corrected chi connectivity index (χ2v) is 11.6. The van der Waals surface area contributed by atoms with Gasteiger partial charge in [0.1, 0.15) is 12.4 Å². The first kappa shape index (κ1) is 25.9. The zero-order valence-electron chi connectivity index (χ0n) is 18.7. The van der Waals surface area contributed by atoms with Gasteiger partial charge in [-0.3, -0.25) is 4.79 Å². The number of likely N-dealkylation sites (tertiary alicyclic amines) is 1. The normalized spacial score (nSPS) is 17.2. The molecule has 5 nitrogen and oxygen atoms in total. The van der Waals surface area contributed by atoms with Crippen molar-refractivity contribution in [2.45, 2.75) is 51.3 Å². The molecule has 1 fully saturated rings. The average Bonchev–Trinajstić information content (AvgIpc) is 2.71. The molecule has 0 saturated carbocycles. The third-order valence-electron chi connectivity index (χ3n) is 5.20. The first-order valence-electron chi connectivity index (χ1n) is 10.3. The van der Waals surface area contributed by atoms with E-state index in [-0.39, 0.29) is 17.9 Å². The molecule has 1 unspecified atom stereocenters. The van der Waals surface area contributed by atoms with Gasteiger partial charge in [0.05, 0.1) is 31.8 Å². The molecule has 31 heavy (non-hydrogen) atoms. The number of nitrogens with one attached hydrogen (secondary N) is 1. The number of amides is 1. The highest BCUT2D eigenvalue weighted by atomic mass is 35.5. The van der Waals surface area contributed by atoms with Crippen LogP contribution >= 0.6 is 23.2 Å². The number of hydrogen-bond donors (Lipinski definition) is 1. The lowest BCUT2D eigenvalue weighted by molar-refractivity contribution is -0.128. The Hall–Kier alpha value is -1.34. The van der Waals surface area contributed by atoms with Gasteiger partial charge in [0.15, 0.2) is 0 Å². The molecule has 2 rings (SSSR count). The largest absolute Gasteiger partial charge is 0.489 e. The van der Waals surface area contributed by atoms with E-state index < -0.39 is 15.7 Å². The molecule has 0 spiro atoms. The van der Waals surface area contributed by atoms with Gasteiger partial charge in [-0.1, -0.05) is 42.4 Å². The Labute approximate surface area is 198 Å². The number of carbonyl (C=O) groups is 1. The van der Waals surface area contributed by atoms with Gasteiger partial charge in [-0.25, -0.2) is 8.93 Å². The molecule has 1 aromatic rings. The fourth-order valence-corrected chi connectivity index (χ4v) is 4.70. The van der Waals surface area contributed by atoms with Crippen LogP contribution < -0.4 is 9.46 Å². The molecule has 172 valence electrons. The average molecular weight is 487 g/mol. The monoisotopic (exact) mass is 486 g/mol. The number of ether oxygens (including phenoxy) is 1. The van der Waals surface area contributed by atoms with Gasteiger partial charge in [0.2, 0.25) is 5.91 Å². The number of carbonyl (C=O) groups excluding carboxylic acids is 1. The van der Waals surface area contributed by atoms with Gasteiger partial charge in [-0.15, -0.1) is 0 Å². The number of hydrogen-bond acceptors (Lipinski definition) is 3. The third kappa shape index (κ3) is 6.82. The van der Waals surface area contributed by atoms with Gasteiger partial charge in [-0.2, -0.15) is 0 Å². The summed E-state index contributed by atoms with van der Waals surface area (Å²) >= 11 is 12.6. The van der Waals surface area contributed by atoms with E-state index >= 15 is 0 Å². The van der Waals surface area contributed by atoms with Gasteiger partial charge in [0, 0.05) is 30.3 Å². The van der Waals surface area contributed by atoms with Crippen molar-refractivity contribution in [2.24, 2.45) is 5.92 Å². The maximum Gasteiger partial charge on any atom is 0.248 e. The Morgan fingerprint density at radius 1 is 1.32 bits per heavy atom. The van der Waals surface area contributed by atoms with E-state index in [1.54, 1.807) is 25.1 Å². The highest BCUT2D eigenvalue weighted by Gasteiger charge is 2.34. The molecule has 1 heterocycles. The van der Waals surface area contributed by atoms with Crippen LogP contribution in [-0.2, 0) is 15.8 Å². The van der Waals surface area contributed by atoms with Gasteiger partial charge in [-0.05, 0) is 52.5 Å². The Bertz CT molecular complexity index is 859. The fraction of sp³-hybridized carbons (Fsp3) is 0.522. The van der Waals surface area contributed by atoms with Gasteiger partial charge >= 0.3 is 0 Å². The number of piperidine rings is 1. The van der Waals surface area contributed by atoms with E-state index in [1.807, 2.05) is 25.7 Å². The maximum atomic E-state index is 13.0. The Morgan fingerprint density at radius 2 is 1.90 bits per heavy atom. The first-order valence-corrected chi connectivity index (χ1v) is 12.2. The van der Waals surface area contributed by atoms with Crippen LogP contribution in [0, 0.1) is 5.92 Å². The van der Waals surface area contributed by atoms with Crippen LogP contribution in [0.2, 0.25) is 10.0 Å². The van der Waals surface area contributed by atoms with Crippen molar-refractivity contribution in [3.63, 3.8) is 0 Å². The summed E-state index contributed by atoms with van der Waals surface area (Å²) < 4.78 is 21.8. The molecule has 1 aromatic carbocycles. The molecular weight excluding hydrogens is 455 g/mol. The lowest BCUT2D eigenvalue weighted by Gasteiger charge is -2.38.